The summed E-state index contributed by atoms with van der Waals surface area (Å²) in [7, 11) is 4.75. The first-order chi connectivity index (χ1) is 5.13. The largest absolute Gasteiger partial charge is 0.515 e. The number of hydrogen-bond donors (Lipinski definition) is 1. The zero-order chi connectivity index (χ0) is 8.85. The first kappa shape index (κ1) is 9.68. The van der Waals surface area contributed by atoms with E-state index in [0.717, 1.165) is 6.26 Å². The van der Waals surface area contributed by atoms with Crippen LogP contribution in [0.3, 0.4) is 0 Å². The summed E-state index contributed by atoms with van der Waals surface area (Å²) in [6.07, 6.45) is 2.05. The third kappa shape index (κ3) is 2.84. The van der Waals surface area contributed by atoms with Gasteiger partial charge < -0.3 is 10.0 Å². The summed E-state index contributed by atoms with van der Waals surface area (Å²) < 4.78 is 0. The molecule has 0 aliphatic carbocycles. The lowest BCUT2D eigenvalue weighted by molar-refractivity contribution is -0.124. The van der Waals surface area contributed by atoms with Crippen LogP contribution in [-0.2, 0) is 4.79 Å². The molecule has 0 saturated carbocycles. The van der Waals surface area contributed by atoms with Crippen molar-refractivity contribution in [2.45, 2.75) is 0 Å². The predicted molar refractivity (Wildman–Crippen MR) is 43.8 cm³/mol. The summed E-state index contributed by atoms with van der Waals surface area (Å²) in [5, 5.41) is 8.58. The maximum absolute atomic E-state index is 11.1. The van der Waals surface area contributed by atoms with Gasteiger partial charge in [0, 0.05) is 27.4 Å². The molecule has 0 heterocycles. The Hall–Kier alpha value is -1.32. The molecular weight excluding hydrogens is 144 g/mol. The molecule has 4 nitrogen and oxygen atoms in total. The molecule has 0 fully saturated rings. The normalized spacial score (nSPS) is 12.1. The highest BCUT2D eigenvalue weighted by molar-refractivity contribution is 6.11. The third-order valence-electron chi connectivity index (χ3n) is 1.06. The summed E-state index contributed by atoms with van der Waals surface area (Å²) in [6, 6.07) is 0. The molecule has 0 aromatic carbocycles. The second-order valence-corrected chi connectivity index (χ2v) is 2.17. The maximum atomic E-state index is 11.1. The van der Waals surface area contributed by atoms with Crippen LogP contribution >= 0.6 is 0 Å². The van der Waals surface area contributed by atoms with Gasteiger partial charge in [0.1, 0.15) is 0 Å². The van der Waals surface area contributed by atoms with Crippen molar-refractivity contribution >= 4 is 12.1 Å². The van der Waals surface area contributed by atoms with Crippen LogP contribution in [-0.4, -0.2) is 43.3 Å². The van der Waals surface area contributed by atoms with Gasteiger partial charge in [0.25, 0.3) is 5.91 Å². The van der Waals surface area contributed by atoms with Crippen LogP contribution in [0.2, 0.25) is 0 Å². The molecule has 0 rings (SSSR count). The van der Waals surface area contributed by atoms with Gasteiger partial charge in [-0.25, -0.2) is 0 Å². The minimum absolute atomic E-state index is 0.178. The van der Waals surface area contributed by atoms with E-state index >= 15 is 0 Å². The average Bonchev–Trinajstić information content (AvgIpc) is 1.98. The smallest absolute Gasteiger partial charge is 0.258 e. The molecule has 0 unspecified atom stereocenters. The van der Waals surface area contributed by atoms with Gasteiger partial charge in [-0.1, -0.05) is 0 Å². The minimum Gasteiger partial charge on any atom is -0.515 e. The molecule has 0 bridgehead atoms. The second-order valence-electron chi connectivity index (χ2n) is 2.17. The highest BCUT2D eigenvalue weighted by Gasteiger charge is 2.08. The number of hydrogen-bond acceptors (Lipinski definition) is 3. The first-order valence-electron chi connectivity index (χ1n) is 3.11. The predicted octanol–water partition coefficient (Wildman–Crippen LogP) is 0.217. The fourth-order valence-corrected chi connectivity index (χ4v) is 0.541. The van der Waals surface area contributed by atoms with E-state index in [1.165, 1.54) is 18.2 Å². The van der Waals surface area contributed by atoms with Crippen LogP contribution in [0.1, 0.15) is 0 Å². The van der Waals surface area contributed by atoms with Crippen molar-refractivity contribution in [2.24, 2.45) is 4.99 Å². The number of aliphatic imine (C=N–C) groups is 1. The fraction of sp³-hybridized carbons (Fsp3) is 0.429. The Labute approximate surface area is 65.9 Å². The van der Waals surface area contributed by atoms with Crippen LogP contribution in [0.5, 0.6) is 0 Å². The lowest BCUT2D eigenvalue weighted by atomic mass is 10.3. The zero-order valence-corrected chi connectivity index (χ0v) is 6.90. The molecule has 0 aromatic rings. The Morgan fingerprint density at radius 1 is 1.55 bits per heavy atom. The number of nitrogens with zero attached hydrogens (tertiary/aromatic N) is 2. The van der Waals surface area contributed by atoms with E-state index in [2.05, 4.69) is 4.99 Å². The zero-order valence-electron chi connectivity index (χ0n) is 6.90. The Bertz CT molecular complexity index is 195. The summed E-state index contributed by atoms with van der Waals surface area (Å²) in [6.45, 7) is 0. The lowest BCUT2D eigenvalue weighted by Gasteiger charge is -2.08. The van der Waals surface area contributed by atoms with Crippen molar-refractivity contribution in [3.8, 4) is 0 Å². The van der Waals surface area contributed by atoms with Crippen LogP contribution in [0.4, 0.5) is 0 Å². The summed E-state index contributed by atoms with van der Waals surface area (Å²) in [4.78, 5) is 16.0. The van der Waals surface area contributed by atoms with E-state index in [1.807, 2.05) is 0 Å². The number of carbonyl (C=O) groups is 1. The number of amides is 1. The standard InChI is InChI=1S/C7H12N2O2/c1-8-4-6(5-10)7(11)9(2)3/h4-5,10H,1-3H3. The van der Waals surface area contributed by atoms with Crippen molar-refractivity contribution in [1.82, 2.24) is 4.90 Å². The van der Waals surface area contributed by atoms with E-state index in [0.29, 0.717) is 0 Å². The Kier molecular flexibility index (Phi) is 3.95. The fourth-order valence-electron chi connectivity index (χ4n) is 0.541. The Morgan fingerprint density at radius 2 is 2.09 bits per heavy atom. The number of carbonyl (C=O) groups excluding carboxylic acids is 1. The van der Waals surface area contributed by atoms with Crippen LogP contribution in [0.25, 0.3) is 0 Å². The Balaban J connectivity index is 4.41. The van der Waals surface area contributed by atoms with E-state index in [1.54, 1.807) is 14.1 Å². The average molecular weight is 156 g/mol. The molecule has 1 amide bonds. The van der Waals surface area contributed by atoms with Gasteiger partial charge in [0.15, 0.2) is 0 Å². The maximum Gasteiger partial charge on any atom is 0.258 e. The van der Waals surface area contributed by atoms with E-state index in [4.69, 9.17) is 5.11 Å². The SMILES string of the molecule is CN=CC(=CO)C(=O)N(C)C. The molecule has 0 aliphatic heterocycles. The molecule has 0 aromatic heterocycles. The molecule has 0 saturated heterocycles. The molecular formula is C7H12N2O2. The van der Waals surface area contributed by atoms with Gasteiger partial charge in [-0.3, -0.25) is 9.79 Å². The number of rotatable bonds is 2. The van der Waals surface area contributed by atoms with Gasteiger partial charge in [0.2, 0.25) is 0 Å². The lowest BCUT2D eigenvalue weighted by Crippen LogP contribution is -2.24. The molecule has 4 heteroatoms. The van der Waals surface area contributed by atoms with Gasteiger partial charge in [-0.2, -0.15) is 0 Å². The molecule has 1 N–H and O–H groups in total. The number of aliphatic hydroxyl groups excluding tert-OH is 1. The van der Waals surface area contributed by atoms with Gasteiger partial charge in [-0.05, 0) is 0 Å². The second kappa shape index (κ2) is 4.49. The van der Waals surface area contributed by atoms with Crippen molar-refractivity contribution in [1.29, 1.82) is 0 Å². The van der Waals surface area contributed by atoms with Crippen LogP contribution in [0, 0.1) is 0 Å². The monoisotopic (exact) mass is 156 g/mol. The number of aliphatic hydroxyl groups is 1. The topological polar surface area (TPSA) is 52.9 Å². The molecule has 0 radical (unpaired) electrons. The third-order valence-corrected chi connectivity index (χ3v) is 1.06. The molecule has 0 atom stereocenters. The van der Waals surface area contributed by atoms with E-state index in [-0.39, 0.29) is 11.5 Å². The van der Waals surface area contributed by atoms with Crippen LogP contribution in [0.15, 0.2) is 16.8 Å². The highest BCUT2D eigenvalue weighted by Crippen LogP contribution is 1.93. The quantitative estimate of drug-likeness (QED) is 0.353. The van der Waals surface area contributed by atoms with Crippen LogP contribution < -0.4 is 0 Å². The molecule has 0 spiro atoms. The Morgan fingerprint density at radius 3 is 2.36 bits per heavy atom. The first-order valence-corrected chi connectivity index (χ1v) is 3.11. The summed E-state index contributed by atoms with van der Waals surface area (Å²) in [5.74, 6) is -0.266. The van der Waals surface area contributed by atoms with E-state index < -0.39 is 0 Å². The molecule has 0 aliphatic rings. The highest BCUT2D eigenvalue weighted by atomic mass is 16.2. The van der Waals surface area contributed by atoms with Crippen molar-refractivity contribution in [3.05, 3.63) is 11.8 Å². The van der Waals surface area contributed by atoms with Crippen molar-refractivity contribution in [2.75, 3.05) is 21.1 Å². The molecule has 11 heavy (non-hydrogen) atoms. The molecule has 62 valence electrons. The van der Waals surface area contributed by atoms with Crippen molar-refractivity contribution < 1.29 is 9.90 Å². The number of likely N-dealkylation sites (N-methyl/N-ethyl adjacent to an activating group) is 1. The van der Waals surface area contributed by atoms with Crippen molar-refractivity contribution in [3.63, 3.8) is 0 Å². The van der Waals surface area contributed by atoms with E-state index in [9.17, 15) is 4.79 Å². The van der Waals surface area contributed by atoms with Gasteiger partial charge in [-0.15, -0.1) is 0 Å². The van der Waals surface area contributed by atoms with Gasteiger partial charge in [0.05, 0.1) is 11.8 Å². The minimum atomic E-state index is -0.266. The van der Waals surface area contributed by atoms with Gasteiger partial charge >= 0.3 is 0 Å². The summed E-state index contributed by atoms with van der Waals surface area (Å²) in [5.41, 5.74) is 0.178. The summed E-state index contributed by atoms with van der Waals surface area (Å²) >= 11 is 0.